The van der Waals surface area contributed by atoms with Crippen LogP contribution in [0.15, 0.2) is 0 Å². The third-order valence-corrected chi connectivity index (χ3v) is 5.57. The molecule has 0 aromatic heterocycles. The Balaban J connectivity index is 1.64. The molecule has 0 spiro atoms. The molecule has 1 heterocycles. The highest BCUT2D eigenvalue weighted by Crippen LogP contribution is 2.38. The molecule has 2 unspecified atom stereocenters. The summed E-state index contributed by atoms with van der Waals surface area (Å²) >= 11 is 2.10. The first-order valence-electron chi connectivity index (χ1n) is 7.60. The number of hydrogen-bond acceptors (Lipinski definition) is 3. The second-order valence-corrected chi connectivity index (χ2v) is 8.12. The molecule has 2 rings (SSSR count). The van der Waals surface area contributed by atoms with Gasteiger partial charge in [-0.2, -0.15) is 11.8 Å². The van der Waals surface area contributed by atoms with E-state index in [0.29, 0.717) is 5.41 Å². The van der Waals surface area contributed by atoms with E-state index in [1.165, 1.54) is 56.9 Å². The Morgan fingerprint density at radius 3 is 2.67 bits per heavy atom. The maximum Gasteiger partial charge on any atom is 0.0108 e. The fraction of sp³-hybridized carbons (Fsp3) is 1.00. The van der Waals surface area contributed by atoms with Gasteiger partial charge < -0.3 is 10.2 Å². The minimum Gasteiger partial charge on any atom is -0.312 e. The Morgan fingerprint density at radius 2 is 2.00 bits per heavy atom. The van der Waals surface area contributed by atoms with Crippen LogP contribution in [0.1, 0.15) is 40.0 Å². The summed E-state index contributed by atoms with van der Waals surface area (Å²) in [5.41, 5.74) is 0.571. The first kappa shape index (κ1) is 14.7. The zero-order chi connectivity index (χ0) is 13.0. The zero-order valence-electron chi connectivity index (χ0n) is 12.4. The predicted molar refractivity (Wildman–Crippen MR) is 82.4 cm³/mol. The minimum atomic E-state index is 0.571. The Bertz CT molecular complexity index is 249. The summed E-state index contributed by atoms with van der Waals surface area (Å²) in [4.78, 5) is 2.61. The third kappa shape index (κ3) is 4.43. The molecule has 18 heavy (non-hydrogen) atoms. The molecule has 0 aromatic carbocycles. The van der Waals surface area contributed by atoms with Crippen LogP contribution in [0.3, 0.4) is 0 Å². The van der Waals surface area contributed by atoms with Gasteiger partial charge in [-0.25, -0.2) is 0 Å². The maximum atomic E-state index is 3.81. The number of rotatable bonds is 4. The van der Waals surface area contributed by atoms with Crippen molar-refractivity contribution < 1.29 is 0 Å². The fourth-order valence-electron chi connectivity index (χ4n) is 3.48. The summed E-state index contributed by atoms with van der Waals surface area (Å²) in [6.07, 6.45) is 4.13. The first-order chi connectivity index (χ1) is 8.57. The lowest BCUT2D eigenvalue weighted by Gasteiger charge is -2.40. The highest BCUT2D eigenvalue weighted by molar-refractivity contribution is 7.99. The molecule has 2 aliphatic rings. The zero-order valence-corrected chi connectivity index (χ0v) is 13.2. The molecule has 1 saturated carbocycles. The van der Waals surface area contributed by atoms with Crippen LogP contribution in [0.25, 0.3) is 0 Å². The Hall–Kier alpha value is 0.270. The van der Waals surface area contributed by atoms with E-state index in [1.54, 1.807) is 0 Å². The van der Waals surface area contributed by atoms with Gasteiger partial charge in [-0.3, -0.25) is 0 Å². The molecule has 1 saturated heterocycles. The highest BCUT2D eigenvalue weighted by Gasteiger charge is 2.31. The molecule has 1 aliphatic carbocycles. The van der Waals surface area contributed by atoms with Gasteiger partial charge in [-0.05, 0) is 30.6 Å². The van der Waals surface area contributed by atoms with Crippen LogP contribution in [-0.2, 0) is 0 Å². The summed E-state index contributed by atoms with van der Waals surface area (Å²) in [5, 5.41) is 3.81. The molecule has 3 heteroatoms. The molecule has 2 nitrogen and oxygen atoms in total. The lowest BCUT2D eigenvalue weighted by atomic mass is 9.70. The van der Waals surface area contributed by atoms with Crippen LogP contribution in [0, 0.1) is 11.3 Å². The van der Waals surface area contributed by atoms with E-state index in [4.69, 9.17) is 0 Å². The van der Waals surface area contributed by atoms with E-state index < -0.39 is 0 Å². The average molecular weight is 270 g/mol. The maximum absolute atomic E-state index is 3.81. The molecule has 1 aliphatic heterocycles. The molecule has 0 amide bonds. The van der Waals surface area contributed by atoms with Crippen molar-refractivity contribution in [3.05, 3.63) is 0 Å². The summed E-state index contributed by atoms with van der Waals surface area (Å²) in [7, 11) is 0. The Kier molecular flexibility index (Phi) is 5.40. The monoisotopic (exact) mass is 270 g/mol. The Morgan fingerprint density at radius 1 is 1.28 bits per heavy atom. The highest BCUT2D eigenvalue weighted by atomic mass is 32.2. The smallest absolute Gasteiger partial charge is 0.0108 e. The summed E-state index contributed by atoms with van der Waals surface area (Å²) < 4.78 is 0. The second-order valence-electron chi connectivity index (χ2n) is 6.90. The predicted octanol–water partition coefficient (Wildman–Crippen LogP) is 2.84. The molecular formula is C15H30N2S. The van der Waals surface area contributed by atoms with E-state index in [0.717, 1.165) is 12.0 Å². The van der Waals surface area contributed by atoms with Gasteiger partial charge in [0.15, 0.2) is 0 Å². The van der Waals surface area contributed by atoms with Gasteiger partial charge in [-0.1, -0.05) is 20.8 Å². The van der Waals surface area contributed by atoms with Crippen molar-refractivity contribution in [2.45, 2.75) is 46.1 Å². The molecule has 2 fully saturated rings. The number of hydrogen-bond donors (Lipinski definition) is 1. The number of thioether (sulfide) groups is 1. The van der Waals surface area contributed by atoms with Gasteiger partial charge in [0.05, 0.1) is 0 Å². The van der Waals surface area contributed by atoms with E-state index in [1.807, 2.05) is 0 Å². The van der Waals surface area contributed by atoms with Gasteiger partial charge in [0.25, 0.3) is 0 Å². The van der Waals surface area contributed by atoms with Gasteiger partial charge in [0, 0.05) is 43.7 Å². The molecular weight excluding hydrogens is 240 g/mol. The summed E-state index contributed by atoms with van der Waals surface area (Å²) in [5.74, 6) is 3.49. The lowest BCUT2D eigenvalue weighted by molar-refractivity contribution is 0.146. The van der Waals surface area contributed by atoms with Crippen LogP contribution < -0.4 is 5.32 Å². The van der Waals surface area contributed by atoms with Crippen LogP contribution >= 0.6 is 11.8 Å². The minimum absolute atomic E-state index is 0.571. The van der Waals surface area contributed by atoms with Gasteiger partial charge in [0.2, 0.25) is 0 Å². The van der Waals surface area contributed by atoms with Crippen LogP contribution in [-0.4, -0.2) is 48.6 Å². The van der Waals surface area contributed by atoms with Crippen LogP contribution in [0.5, 0.6) is 0 Å². The standard InChI is InChI=1S/C15H30N2S/c1-13-12-15(2,3)5-4-14(13)16-6-7-17-8-10-18-11-9-17/h13-14,16H,4-12H2,1-3H3. The van der Waals surface area contributed by atoms with Crippen molar-refractivity contribution >= 4 is 11.8 Å². The molecule has 0 aromatic rings. The Labute approximate surface area is 117 Å². The normalized spacial score (nSPS) is 33.5. The SMILES string of the molecule is CC1CC(C)(C)CCC1NCCN1CCSCC1. The third-order valence-electron chi connectivity index (χ3n) is 4.63. The van der Waals surface area contributed by atoms with E-state index in [-0.39, 0.29) is 0 Å². The number of nitrogens with zero attached hydrogens (tertiary/aromatic N) is 1. The first-order valence-corrected chi connectivity index (χ1v) is 8.76. The van der Waals surface area contributed by atoms with Crippen molar-refractivity contribution in [3.63, 3.8) is 0 Å². The van der Waals surface area contributed by atoms with Crippen LogP contribution in [0.2, 0.25) is 0 Å². The number of nitrogens with one attached hydrogen (secondary N) is 1. The van der Waals surface area contributed by atoms with Crippen molar-refractivity contribution in [3.8, 4) is 0 Å². The summed E-state index contributed by atoms with van der Waals surface area (Å²) in [6.45, 7) is 12.3. The second kappa shape index (κ2) is 6.62. The fourth-order valence-corrected chi connectivity index (χ4v) is 4.46. The lowest BCUT2D eigenvalue weighted by Crippen LogP contribution is -2.45. The van der Waals surface area contributed by atoms with E-state index >= 15 is 0 Å². The van der Waals surface area contributed by atoms with Crippen molar-refractivity contribution in [2.75, 3.05) is 37.7 Å². The molecule has 0 bridgehead atoms. The van der Waals surface area contributed by atoms with Gasteiger partial charge in [0.1, 0.15) is 0 Å². The van der Waals surface area contributed by atoms with Crippen LogP contribution in [0.4, 0.5) is 0 Å². The quantitative estimate of drug-likeness (QED) is 0.846. The van der Waals surface area contributed by atoms with E-state index in [2.05, 4.69) is 42.7 Å². The van der Waals surface area contributed by atoms with Crippen molar-refractivity contribution in [1.29, 1.82) is 0 Å². The van der Waals surface area contributed by atoms with Gasteiger partial charge in [-0.15, -0.1) is 0 Å². The van der Waals surface area contributed by atoms with Crippen molar-refractivity contribution in [1.82, 2.24) is 10.2 Å². The van der Waals surface area contributed by atoms with Gasteiger partial charge >= 0.3 is 0 Å². The van der Waals surface area contributed by atoms with E-state index in [9.17, 15) is 0 Å². The molecule has 0 radical (unpaired) electrons. The largest absolute Gasteiger partial charge is 0.312 e. The summed E-state index contributed by atoms with van der Waals surface area (Å²) in [6, 6.07) is 0.761. The molecule has 106 valence electrons. The molecule has 2 atom stereocenters. The molecule has 1 N–H and O–H groups in total. The average Bonchev–Trinajstić information content (AvgIpc) is 2.33. The van der Waals surface area contributed by atoms with Crippen molar-refractivity contribution in [2.24, 2.45) is 11.3 Å². The topological polar surface area (TPSA) is 15.3 Å².